The second kappa shape index (κ2) is 7.58. The molecule has 1 aliphatic carbocycles. The zero-order valence-electron chi connectivity index (χ0n) is 12.5. The van der Waals surface area contributed by atoms with E-state index in [9.17, 15) is 4.39 Å². The van der Waals surface area contributed by atoms with Gasteiger partial charge in [0.15, 0.2) is 0 Å². The van der Waals surface area contributed by atoms with Gasteiger partial charge in [0.1, 0.15) is 5.82 Å². The van der Waals surface area contributed by atoms with Crippen molar-refractivity contribution in [3.8, 4) is 5.88 Å². The molecule has 1 saturated carbocycles. The molecule has 4 heteroatoms. The Bertz CT molecular complexity index is 419. The minimum Gasteiger partial charge on any atom is -0.477 e. The maximum atomic E-state index is 13.3. The van der Waals surface area contributed by atoms with Gasteiger partial charge < -0.3 is 10.1 Å². The number of rotatable bonds is 8. The summed E-state index contributed by atoms with van der Waals surface area (Å²) in [6, 6.07) is 1.51. The molecule has 0 radical (unpaired) electrons. The number of halogens is 1. The first-order chi connectivity index (χ1) is 9.65. The van der Waals surface area contributed by atoms with Crippen LogP contribution in [0.3, 0.4) is 0 Å². The Morgan fingerprint density at radius 3 is 2.90 bits per heavy atom. The van der Waals surface area contributed by atoms with Crippen LogP contribution in [0.15, 0.2) is 12.3 Å². The largest absolute Gasteiger partial charge is 0.477 e. The fraction of sp³-hybridized carbons (Fsp3) is 0.688. The summed E-state index contributed by atoms with van der Waals surface area (Å²) >= 11 is 0. The van der Waals surface area contributed by atoms with Crippen LogP contribution in [0, 0.1) is 17.7 Å². The molecule has 112 valence electrons. The molecule has 0 spiro atoms. The zero-order chi connectivity index (χ0) is 14.4. The van der Waals surface area contributed by atoms with Gasteiger partial charge in [0.25, 0.3) is 0 Å². The molecule has 1 aliphatic rings. The maximum Gasteiger partial charge on any atom is 0.218 e. The lowest BCUT2D eigenvalue weighted by Crippen LogP contribution is -2.20. The van der Waals surface area contributed by atoms with Gasteiger partial charge in [0, 0.05) is 12.1 Å². The lowest BCUT2D eigenvalue weighted by Gasteiger charge is -2.25. The molecule has 0 aliphatic heterocycles. The Morgan fingerprint density at radius 1 is 1.45 bits per heavy atom. The summed E-state index contributed by atoms with van der Waals surface area (Å²) in [6.07, 6.45) is 6.30. The molecule has 0 amide bonds. The number of ether oxygens (including phenoxy) is 1. The molecule has 1 fully saturated rings. The smallest absolute Gasteiger partial charge is 0.218 e. The number of nitrogens with one attached hydrogen (secondary N) is 1. The predicted octanol–water partition coefficient (Wildman–Crippen LogP) is 3.54. The van der Waals surface area contributed by atoms with Gasteiger partial charge in [-0.05, 0) is 30.9 Å². The number of hydrogen-bond donors (Lipinski definition) is 1. The monoisotopic (exact) mass is 280 g/mol. The summed E-state index contributed by atoms with van der Waals surface area (Å²) in [5.74, 6) is 1.65. The van der Waals surface area contributed by atoms with Crippen molar-refractivity contribution in [2.75, 3.05) is 13.2 Å². The van der Waals surface area contributed by atoms with Crippen molar-refractivity contribution < 1.29 is 9.13 Å². The molecule has 0 aromatic carbocycles. The molecular formula is C16H25FN2O. The van der Waals surface area contributed by atoms with Crippen molar-refractivity contribution >= 4 is 0 Å². The van der Waals surface area contributed by atoms with Gasteiger partial charge in [-0.25, -0.2) is 9.37 Å². The zero-order valence-corrected chi connectivity index (χ0v) is 12.5. The SMILES string of the molecule is CC(C)CNCc1cc(F)cnc1OCCC1CCC1. The van der Waals surface area contributed by atoms with Crippen LogP contribution in [-0.2, 0) is 6.54 Å². The van der Waals surface area contributed by atoms with Crippen LogP contribution in [0.25, 0.3) is 0 Å². The van der Waals surface area contributed by atoms with E-state index in [4.69, 9.17) is 4.74 Å². The number of aromatic nitrogens is 1. The molecule has 1 aromatic rings. The number of nitrogens with zero attached hydrogens (tertiary/aromatic N) is 1. The summed E-state index contributed by atoms with van der Waals surface area (Å²) in [6.45, 7) is 6.47. The Balaban J connectivity index is 1.85. The highest BCUT2D eigenvalue weighted by Crippen LogP contribution is 2.29. The van der Waals surface area contributed by atoms with E-state index < -0.39 is 0 Å². The van der Waals surface area contributed by atoms with Gasteiger partial charge in [-0.1, -0.05) is 33.1 Å². The molecular weight excluding hydrogens is 255 g/mol. The molecule has 0 saturated heterocycles. The highest BCUT2D eigenvalue weighted by Gasteiger charge is 2.17. The Kier molecular flexibility index (Phi) is 5.77. The second-order valence-electron chi connectivity index (χ2n) is 6.08. The summed E-state index contributed by atoms with van der Waals surface area (Å²) in [4.78, 5) is 4.08. The Labute approximate surface area is 120 Å². The standard InChI is InChI=1S/C16H25FN2O/c1-12(2)9-18-10-14-8-15(17)11-19-16(14)20-7-6-13-4-3-5-13/h8,11-13,18H,3-7,9-10H2,1-2H3. The van der Waals surface area contributed by atoms with Crippen molar-refractivity contribution in [2.24, 2.45) is 11.8 Å². The predicted molar refractivity (Wildman–Crippen MR) is 78.2 cm³/mol. The molecule has 1 N–H and O–H groups in total. The van der Waals surface area contributed by atoms with Crippen LogP contribution in [-0.4, -0.2) is 18.1 Å². The van der Waals surface area contributed by atoms with Gasteiger partial charge in [-0.15, -0.1) is 0 Å². The quantitative estimate of drug-likeness (QED) is 0.791. The Morgan fingerprint density at radius 2 is 2.25 bits per heavy atom. The third-order valence-corrected chi connectivity index (χ3v) is 3.75. The van der Waals surface area contributed by atoms with Gasteiger partial charge in [-0.2, -0.15) is 0 Å². The average molecular weight is 280 g/mol. The van der Waals surface area contributed by atoms with Gasteiger partial charge >= 0.3 is 0 Å². The second-order valence-corrected chi connectivity index (χ2v) is 6.08. The molecule has 0 atom stereocenters. The summed E-state index contributed by atoms with van der Waals surface area (Å²) in [5.41, 5.74) is 0.805. The molecule has 1 aromatic heterocycles. The van der Waals surface area contributed by atoms with Crippen LogP contribution in [0.5, 0.6) is 5.88 Å². The molecule has 1 heterocycles. The molecule has 3 nitrogen and oxygen atoms in total. The van der Waals surface area contributed by atoms with E-state index in [0.717, 1.165) is 24.4 Å². The summed E-state index contributed by atoms with van der Waals surface area (Å²) in [7, 11) is 0. The lowest BCUT2D eigenvalue weighted by molar-refractivity contribution is 0.215. The average Bonchev–Trinajstić information content (AvgIpc) is 2.34. The lowest BCUT2D eigenvalue weighted by atomic mass is 9.83. The van der Waals surface area contributed by atoms with Crippen LogP contribution in [0.2, 0.25) is 0 Å². The van der Waals surface area contributed by atoms with Gasteiger partial charge in [0.05, 0.1) is 12.8 Å². The fourth-order valence-corrected chi connectivity index (χ4v) is 2.32. The number of pyridine rings is 1. The molecule has 20 heavy (non-hydrogen) atoms. The van der Waals surface area contributed by atoms with Crippen molar-refractivity contribution in [3.63, 3.8) is 0 Å². The molecule has 0 bridgehead atoms. The van der Waals surface area contributed by atoms with Crippen LogP contribution >= 0.6 is 0 Å². The van der Waals surface area contributed by atoms with E-state index in [1.807, 2.05) is 0 Å². The first-order valence-corrected chi connectivity index (χ1v) is 7.63. The fourth-order valence-electron chi connectivity index (χ4n) is 2.32. The topological polar surface area (TPSA) is 34.2 Å². The van der Waals surface area contributed by atoms with E-state index >= 15 is 0 Å². The normalized spacial score (nSPS) is 15.4. The first kappa shape index (κ1) is 15.2. The van der Waals surface area contributed by atoms with Gasteiger partial charge in [0.2, 0.25) is 5.88 Å². The van der Waals surface area contributed by atoms with Crippen molar-refractivity contribution in [2.45, 2.75) is 46.1 Å². The van der Waals surface area contributed by atoms with E-state index in [0.29, 0.717) is 24.9 Å². The minimum atomic E-state index is -0.308. The maximum absolute atomic E-state index is 13.3. The van der Waals surface area contributed by atoms with E-state index in [1.165, 1.54) is 31.5 Å². The van der Waals surface area contributed by atoms with E-state index in [2.05, 4.69) is 24.1 Å². The van der Waals surface area contributed by atoms with Crippen LogP contribution < -0.4 is 10.1 Å². The minimum absolute atomic E-state index is 0.308. The highest BCUT2D eigenvalue weighted by atomic mass is 19.1. The van der Waals surface area contributed by atoms with Crippen molar-refractivity contribution in [1.29, 1.82) is 0 Å². The third-order valence-electron chi connectivity index (χ3n) is 3.75. The van der Waals surface area contributed by atoms with E-state index in [-0.39, 0.29) is 5.82 Å². The molecule has 2 rings (SSSR count). The first-order valence-electron chi connectivity index (χ1n) is 7.63. The van der Waals surface area contributed by atoms with Crippen LogP contribution in [0.4, 0.5) is 4.39 Å². The summed E-state index contributed by atoms with van der Waals surface area (Å²) in [5, 5.41) is 3.30. The Hall–Kier alpha value is -1.16. The van der Waals surface area contributed by atoms with Crippen molar-refractivity contribution in [1.82, 2.24) is 10.3 Å². The van der Waals surface area contributed by atoms with Crippen molar-refractivity contribution in [3.05, 3.63) is 23.6 Å². The highest BCUT2D eigenvalue weighted by molar-refractivity contribution is 5.26. The number of hydrogen-bond acceptors (Lipinski definition) is 3. The van der Waals surface area contributed by atoms with E-state index in [1.54, 1.807) is 0 Å². The van der Waals surface area contributed by atoms with Gasteiger partial charge in [-0.3, -0.25) is 0 Å². The third kappa shape index (κ3) is 4.75. The molecule has 0 unspecified atom stereocenters. The summed E-state index contributed by atoms with van der Waals surface area (Å²) < 4.78 is 19.0. The van der Waals surface area contributed by atoms with Crippen LogP contribution in [0.1, 0.15) is 45.1 Å².